The SMILES string of the molecule is CC1CCCC(N(C)c2n[nH]c(=S)s2)C1. The van der Waals surface area contributed by atoms with Crippen molar-refractivity contribution in [3.63, 3.8) is 0 Å². The normalized spacial score (nSPS) is 26.5. The third kappa shape index (κ3) is 2.58. The molecule has 2 rings (SSSR count). The quantitative estimate of drug-likeness (QED) is 0.809. The van der Waals surface area contributed by atoms with Crippen molar-refractivity contribution >= 4 is 28.7 Å². The molecule has 2 unspecified atom stereocenters. The van der Waals surface area contributed by atoms with Gasteiger partial charge in [-0.1, -0.05) is 31.1 Å². The average Bonchev–Trinajstić information content (AvgIpc) is 2.64. The van der Waals surface area contributed by atoms with Crippen LogP contribution in [0.3, 0.4) is 0 Å². The molecule has 0 aromatic carbocycles. The van der Waals surface area contributed by atoms with E-state index in [9.17, 15) is 0 Å². The van der Waals surface area contributed by atoms with Crippen molar-refractivity contribution in [3.8, 4) is 0 Å². The summed E-state index contributed by atoms with van der Waals surface area (Å²) >= 11 is 6.62. The van der Waals surface area contributed by atoms with Crippen molar-refractivity contribution in [1.82, 2.24) is 10.2 Å². The average molecular weight is 243 g/mol. The fraction of sp³-hybridized carbons (Fsp3) is 0.800. The zero-order chi connectivity index (χ0) is 10.8. The number of nitrogens with one attached hydrogen (secondary N) is 1. The van der Waals surface area contributed by atoms with E-state index in [4.69, 9.17) is 12.2 Å². The van der Waals surface area contributed by atoms with Crippen molar-refractivity contribution in [1.29, 1.82) is 0 Å². The first kappa shape index (κ1) is 11.1. The van der Waals surface area contributed by atoms with Crippen molar-refractivity contribution in [3.05, 3.63) is 3.95 Å². The number of hydrogen-bond acceptors (Lipinski definition) is 4. The van der Waals surface area contributed by atoms with Gasteiger partial charge in [-0.05, 0) is 31.0 Å². The lowest BCUT2D eigenvalue weighted by Gasteiger charge is -2.33. The minimum atomic E-state index is 0.641. The van der Waals surface area contributed by atoms with Crippen molar-refractivity contribution in [2.75, 3.05) is 11.9 Å². The third-order valence-corrected chi connectivity index (χ3v) is 4.36. The summed E-state index contributed by atoms with van der Waals surface area (Å²) in [6.45, 7) is 2.34. The zero-order valence-electron chi connectivity index (χ0n) is 9.19. The topological polar surface area (TPSA) is 31.9 Å². The van der Waals surface area contributed by atoms with E-state index in [-0.39, 0.29) is 0 Å². The van der Waals surface area contributed by atoms with E-state index in [2.05, 4.69) is 29.1 Å². The van der Waals surface area contributed by atoms with Crippen LogP contribution in [0.2, 0.25) is 0 Å². The number of hydrogen-bond donors (Lipinski definition) is 1. The van der Waals surface area contributed by atoms with Crippen LogP contribution >= 0.6 is 23.6 Å². The fourth-order valence-corrected chi connectivity index (χ4v) is 3.19. The van der Waals surface area contributed by atoms with Crippen LogP contribution in [-0.4, -0.2) is 23.3 Å². The number of rotatable bonds is 2. The van der Waals surface area contributed by atoms with Gasteiger partial charge >= 0.3 is 0 Å². The summed E-state index contributed by atoms with van der Waals surface area (Å²) in [6, 6.07) is 0.641. The zero-order valence-corrected chi connectivity index (χ0v) is 10.8. The fourth-order valence-electron chi connectivity index (χ4n) is 2.28. The summed E-state index contributed by atoms with van der Waals surface area (Å²) in [6.07, 6.45) is 5.28. The lowest BCUT2D eigenvalue weighted by atomic mass is 9.86. The maximum absolute atomic E-state index is 5.05. The highest BCUT2D eigenvalue weighted by Crippen LogP contribution is 2.30. The summed E-state index contributed by atoms with van der Waals surface area (Å²) in [7, 11) is 2.13. The molecule has 0 amide bonds. The van der Waals surface area contributed by atoms with Gasteiger partial charge in [0.2, 0.25) is 5.13 Å². The van der Waals surface area contributed by atoms with Crippen molar-refractivity contribution in [2.24, 2.45) is 5.92 Å². The van der Waals surface area contributed by atoms with Crippen LogP contribution < -0.4 is 4.90 Å². The molecule has 1 heterocycles. The van der Waals surface area contributed by atoms with E-state index in [1.54, 1.807) is 11.3 Å². The Balaban J connectivity index is 2.06. The van der Waals surface area contributed by atoms with E-state index in [0.717, 1.165) is 15.0 Å². The van der Waals surface area contributed by atoms with Crippen LogP contribution in [0.4, 0.5) is 5.13 Å². The molecule has 1 saturated carbocycles. The second-order valence-corrected chi connectivity index (χ2v) is 6.08. The Morgan fingerprint density at radius 2 is 2.33 bits per heavy atom. The molecule has 1 aliphatic carbocycles. The molecule has 0 bridgehead atoms. The monoisotopic (exact) mass is 243 g/mol. The lowest BCUT2D eigenvalue weighted by molar-refractivity contribution is 0.336. The highest BCUT2D eigenvalue weighted by Gasteiger charge is 2.23. The molecule has 0 spiro atoms. The van der Waals surface area contributed by atoms with Crippen LogP contribution in [0.1, 0.15) is 32.6 Å². The van der Waals surface area contributed by atoms with E-state index in [0.29, 0.717) is 6.04 Å². The van der Waals surface area contributed by atoms with Gasteiger partial charge in [0.15, 0.2) is 3.95 Å². The maximum atomic E-state index is 5.05. The van der Waals surface area contributed by atoms with Crippen LogP contribution in [0.5, 0.6) is 0 Å². The standard InChI is InChI=1S/C10H17N3S2/c1-7-4-3-5-8(6-7)13(2)9-11-12-10(14)15-9/h7-8H,3-6H2,1-2H3,(H,12,14). The van der Waals surface area contributed by atoms with Crippen molar-refractivity contribution < 1.29 is 0 Å². The Morgan fingerprint density at radius 3 is 2.93 bits per heavy atom. The first-order valence-electron chi connectivity index (χ1n) is 5.45. The molecular formula is C10H17N3S2. The lowest BCUT2D eigenvalue weighted by Crippen LogP contribution is -2.35. The van der Waals surface area contributed by atoms with Gasteiger partial charge in [0.1, 0.15) is 0 Å². The molecule has 1 fully saturated rings. The molecule has 0 radical (unpaired) electrons. The number of aromatic amines is 1. The van der Waals surface area contributed by atoms with E-state index in [1.165, 1.54) is 25.7 Å². The summed E-state index contributed by atoms with van der Waals surface area (Å²) in [5, 5.41) is 8.10. The Hall–Kier alpha value is -0.420. The summed E-state index contributed by atoms with van der Waals surface area (Å²) in [5.41, 5.74) is 0. The van der Waals surface area contributed by atoms with Gasteiger partial charge in [-0.3, -0.25) is 5.10 Å². The largest absolute Gasteiger partial charge is 0.347 e. The molecule has 15 heavy (non-hydrogen) atoms. The predicted molar refractivity (Wildman–Crippen MR) is 67.1 cm³/mol. The Kier molecular flexibility index (Phi) is 3.41. The second-order valence-electron chi connectivity index (χ2n) is 4.43. The van der Waals surface area contributed by atoms with E-state index < -0.39 is 0 Å². The van der Waals surface area contributed by atoms with Gasteiger partial charge in [0.25, 0.3) is 0 Å². The minimum Gasteiger partial charge on any atom is -0.347 e. The molecule has 3 nitrogen and oxygen atoms in total. The molecule has 0 aliphatic heterocycles. The molecule has 1 aromatic heterocycles. The summed E-state index contributed by atoms with van der Waals surface area (Å²) in [4.78, 5) is 2.28. The Bertz CT molecular complexity index is 371. The van der Waals surface area contributed by atoms with Crippen LogP contribution in [-0.2, 0) is 0 Å². The third-order valence-electron chi connectivity index (χ3n) is 3.18. The van der Waals surface area contributed by atoms with Crippen molar-refractivity contribution in [2.45, 2.75) is 38.6 Å². The maximum Gasteiger partial charge on any atom is 0.206 e. The first-order valence-corrected chi connectivity index (χ1v) is 6.67. The first-order chi connectivity index (χ1) is 7.16. The van der Waals surface area contributed by atoms with E-state index in [1.807, 2.05) is 0 Å². The van der Waals surface area contributed by atoms with E-state index >= 15 is 0 Å². The number of anilines is 1. The number of aromatic nitrogens is 2. The second kappa shape index (κ2) is 4.61. The summed E-state index contributed by atoms with van der Waals surface area (Å²) < 4.78 is 0.765. The van der Waals surface area contributed by atoms with Gasteiger partial charge in [-0.25, -0.2) is 0 Å². The molecule has 1 N–H and O–H groups in total. The molecule has 0 saturated heterocycles. The molecule has 2 atom stereocenters. The predicted octanol–water partition coefficient (Wildman–Crippen LogP) is 3.22. The highest BCUT2D eigenvalue weighted by atomic mass is 32.1. The number of nitrogens with zero attached hydrogens (tertiary/aromatic N) is 2. The highest BCUT2D eigenvalue weighted by molar-refractivity contribution is 7.73. The van der Waals surface area contributed by atoms with Crippen LogP contribution in [0.15, 0.2) is 0 Å². The van der Waals surface area contributed by atoms with Gasteiger partial charge in [0.05, 0.1) is 0 Å². The molecule has 84 valence electrons. The van der Waals surface area contributed by atoms with Gasteiger partial charge < -0.3 is 4.90 Å². The van der Waals surface area contributed by atoms with Gasteiger partial charge in [-0.2, -0.15) is 0 Å². The molecular weight excluding hydrogens is 226 g/mol. The molecule has 1 aromatic rings. The van der Waals surface area contributed by atoms with Gasteiger partial charge in [0, 0.05) is 13.1 Å². The van der Waals surface area contributed by atoms with Crippen LogP contribution in [0.25, 0.3) is 0 Å². The molecule has 1 aliphatic rings. The Labute approximate surface area is 99.5 Å². The number of H-pyrrole nitrogens is 1. The van der Waals surface area contributed by atoms with Gasteiger partial charge in [-0.15, -0.1) is 5.10 Å². The molecule has 5 heteroatoms. The Morgan fingerprint density at radius 1 is 1.53 bits per heavy atom. The smallest absolute Gasteiger partial charge is 0.206 e. The minimum absolute atomic E-state index is 0.641. The summed E-state index contributed by atoms with van der Waals surface area (Å²) in [5.74, 6) is 0.845. The van der Waals surface area contributed by atoms with Crippen LogP contribution in [0, 0.1) is 9.87 Å².